The summed E-state index contributed by atoms with van der Waals surface area (Å²) in [5, 5.41) is 5.45. The minimum atomic E-state index is 0.354. The molecule has 1 nitrogen and oxygen atoms in total. The molecular formula is C12H20BrNS. The van der Waals surface area contributed by atoms with Gasteiger partial charge in [-0.15, -0.1) is 11.3 Å². The Hall–Kier alpha value is 0.140. The first-order valence-corrected chi connectivity index (χ1v) is 6.99. The van der Waals surface area contributed by atoms with Crippen molar-refractivity contribution in [2.24, 2.45) is 11.3 Å². The molecule has 0 amide bonds. The molecule has 0 bridgehead atoms. The van der Waals surface area contributed by atoms with E-state index in [4.69, 9.17) is 0 Å². The van der Waals surface area contributed by atoms with Crippen molar-refractivity contribution in [3.05, 3.63) is 20.8 Å². The highest BCUT2D eigenvalue weighted by atomic mass is 79.9. The van der Waals surface area contributed by atoms with Crippen molar-refractivity contribution in [3.8, 4) is 0 Å². The van der Waals surface area contributed by atoms with E-state index in [-0.39, 0.29) is 0 Å². The average molecular weight is 290 g/mol. The van der Waals surface area contributed by atoms with Crippen LogP contribution < -0.4 is 5.32 Å². The maximum Gasteiger partial charge on any atom is 0.0314 e. The van der Waals surface area contributed by atoms with Crippen LogP contribution in [0.5, 0.6) is 0 Å². The maximum atomic E-state index is 3.60. The van der Waals surface area contributed by atoms with Gasteiger partial charge in [0.05, 0.1) is 0 Å². The van der Waals surface area contributed by atoms with Crippen LogP contribution in [0.25, 0.3) is 0 Å². The van der Waals surface area contributed by atoms with Crippen molar-refractivity contribution in [1.29, 1.82) is 0 Å². The van der Waals surface area contributed by atoms with Gasteiger partial charge in [0.15, 0.2) is 0 Å². The van der Waals surface area contributed by atoms with Gasteiger partial charge >= 0.3 is 0 Å². The second-order valence-electron chi connectivity index (χ2n) is 5.02. The standard InChI is InChI=1S/C12H20BrNS/c1-12(2,3)9(8-14-4)7-11-10(13)5-6-15-11/h5-6,9,14H,7-8H2,1-4H3. The summed E-state index contributed by atoms with van der Waals surface area (Å²) in [4.78, 5) is 1.46. The van der Waals surface area contributed by atoms with E-state index >= 15 is 0 Å². The third kappa shape index (κ3) is 3.89. The minimum Gasteiger partial charge on any atom is -0.319 e. The van der Waals surface area contributed by atoms with Gasteiger partial charge in [0.25, 0.3) is 0 Å². The summed E-state index contributed by atoms with van der Waals surface area (Å²) in [6.45, 7) is 8.03. The SMILES string of the molecule is CNCC(Cc1sccc1Br)C(C)(C)C. The number of hydrogen-bond acceptors (Lipinski definition) is 2. The number of hydrogen-bond donors (Lipinski definition) is 1. The Bertz CT molecular complexity index is 301. The quantitative estimate of drug-likeness (QED) is 0.886. The predicted molar refractivity (Wildman–Crippen MR) is 72.6 cm³/mol. The van der Waals surface area contributed by atoms with E-state index in [9.17, 15) is 0 Å². The summed E-state index contributed by atoms with van der Waals surface area (Å²) in [5.41, 5.74) is 0.354. The Kier molecular flexibility index (Phi) is 4.81. The van der Waals surface area contributed by atoms with Gasteiger partial charge in [-0.2, -0.15) is 0 Å². The summed E-state index contributed by atoms with van der Waals surface area (Å²) in [5.74, 6) is 0.678. The highest BCUT2D eigenvalue weighted by molar-refractivity contribution is 9.10. The Morgan fingerprint density at radius 1 is 1.47 bits per heavy atom. The molecule has 15 heavy (non-hydrogen) atoms. The molecule has 0 aliphatic rings. The predicted octanol–water partition coefficient (Wildman–Crippen LogP) is 3.93. The Morgan fingerprint density at radius 2 is 2.13 bits per heavy atom. The van der Waals surface area contributed by atoms with Crippen molar-refractivity contribution >= 4 is 27.3 Å². The highest BCUT2D eigenvalue weighted by Crippen LogP contribution is 2.33. The van der Waals surface area contributed by atoms with Crippen LogP contribution in [0.2, 0.25) is 0 Å². The lowest BCUT2D eigenvalue weighted by molar-refractivity contribution is 0.236. The summed E-state index contributed by atoms with van der Waals surface area (Å²) in [6, 6.07) is 2.14. The number of rotatable bonds is 4. The lowest BCUT2D eigenvalue weighted by Crippen LogP contribution is -2.31. The fourth-order valence-corrected chi connectivity index (χ4v) is 3.22. The molecule has 1 unspecified atom stereocenters. The van der Waals surface area contributed by atoms with Gasteiger partial charge in [0, 0.05) is 9.35 Å². The van der Waals surface area contributed by atoms with Gasteiger partial charge in [-0.25, -0.2) is 0 Å². The normalized spacial score (nSPS) is 14.2. The van der Waals surface area contributed by atoms with Crippen LogP contribution in [0.1, 0.15) is 25.6 Å². The molecule has 0 aromatic carbocycles. The van der Waals surface area contributed by atoms with Gasteiger partial charge in [-0.3, -0.25) is 0 Å². The van der Waals surface area contributed by atoms with Gasteiger partial charge in [0.1, 0.15) is 0 Å². The Balaban J connectivity index is 2.71. The highest BCUT2D eigenvalue weighted by Gasteiger charge is 2.25. The Morgan fingerprint density at radius 3 is 2.53 bits per heavy atom. The van der Waals surface area contributed by atoms with E-state index < -0.39 is 0 Å². The van der Waals surface area contributed by atoms with E-state index in [1.54, 1.807) is 0 Å². The summed E-state index contributed by atoms with van der Waals surface area (Å²) < 4.78 is 1.26. The lowest BCUT2D eigenvalue weighted by Gasteiger charge is -2.30. The lowest BCUT2D eigenvalue weighted by atomic mass is 9.78. The molecule has 3 heteroatoms. The molecule has 0 saturated heterocycles. The molecule has 0 saturated carbocycles. The van der Waals surface area contributed by atoms with Gasteiger partial charge in [-0.05, 0) is 58.7 Å². The molecule has 86 valence electrons. The van der Waals surface area contributed by atoms with Crippen molar-refractivity contribution in [3.63, 3.8) is 0 Å². The summed E-state index contributed by atoms with van der Waals surface area (Å²) >= 11 is 5.45. The fourth-order valence-electron chi connectivity index (χ4n) is 1.63. The molecule has 1 aromatic rings. The second kappa shape index (κ2) is 5.46. The summed E-state index contributed by atoms with van der Waals surface area (Å²) in [7, 11) is 2.03. The fraction of sp³-hybridized carbons (Fsp3) is 0.667. The average Bonchev–Trinajstić information content (AvgIpc) is 2.49. The van der Waals surface area contributed by atoms with Gasteiger partial charge in [-0.1, -0.05) is 20.8 Å². The zero-order valence-corrected chi connectivity index (χ0v) is 12.3. The molecule has 0 spiro atoms. The second-order valence-corrected chi connectivity index (χ2v) is 6.87. The molecule has 0 aliphatic carbocycles. The van der Waals surface area contributed by atoms with E-state index in [2.05, 4.69) is 53.5 Å². The Labute approximate surface area is 105 Å². The van der Waals surface area contributed by atoms with Crippen LogP contribution in [-0.4, -0.2) is 13.6 Å². The van der Waals surface area contributed by atoms with Crippen molar-refractivity contribution in [2.45, 2.75) is 27.2 Å². The minimum absolute atomic E-state index is 0.354. The van der Waals surface area contributed by atoms with E-state index in [1.807, 2.05) is 18.4 Å². The first kappa shape index (κ1) is 13.2. The third-order valence-corrected chi connectivity index (χ3v) is 4.75. The largest absolute Gasteiger partial charge is 0.319 e. The molecular weight excluding hydrogens is 270 g/mol. The zero-order chi connectivity index (χ0) is 11.5. The van der Waals surface area contributed by atoms with Crippen LogP contribution >= 0.6 is 27.3 Å². The molecule has 0 fully saturated rings. The number of thiophene rings is 1. The molecule has 1 atom stereocenters. The van der Waals surface area contributed by atoms with E-state index in [0.717, 1.165) is 13.0 Å². The van der Waals surface area contributed by atoms with Crippen molar-refractivity contribution < 1.29 is 0 Å². The topological polar surface area (TPSA) is 12.0 Å². The first-order chi connectivity index (χ1) is 6.95. The number of halogens is 1. The van der Waals surface area contributed by atoms with Crippen LogP contribution in [0, 0.1) is 11.3 Å². The maximum absolute atomic E-state index is 3.60. The first-order valence-electron chi connectivity index (χ1n) is 5.31. The van der Waals surface area contributed by atoms with E-state index in [0.29, 0.717) is 11.3 Å². The molecule has 0 radical (unpaired) electrons. The smallest absolute Gasteiger partial charge is 0.0314 e. The van der Waals surface area contributed by atoms with Crippen molar-refractivity contribution in [2.75, 3.05) is 13.6 Å². The van der Waals surface area contributed by atoms with Gasteiger partial charge < -0.3 is 5.32 Å². The molecule has 1 rings (SSSR count). The molecule has 0 aliphatic heterocycles. The van der Waals surface area contributed by atoms with Gasteiger partial charge in [0.2, 0.25) is 0 Å². The van der Waals surface area contributed by atoms with Crippen LogP contribution in [0.3, 0.4) is 0 Å². The van der Waals surface area contributed by atoms with E-state index in [1.165, 1.54) is 9.35 Å². The molecule has 1 aromatic heterocycles. The van der Waals surface area contributed by atoms with Crippen molar-refractivity contribution in [1.82, 2.24) is 5.32 Å². The monoisotopic (exact) mass is 289 g/mol. The molecule has 1 N–H and O–H groups in total. The number of nitrogens with one attached hydrogen (secondary N) is 1. The summed E-state index contributed by atoms with van der Waals surface area (Å²) in [6.07, 6.45) is 1.16. The van der Waals surface area contributed by atoms with Crippen LogP contribution in [0.4, 0.5) is 0 Å². The van der Waals surface area contributed by atoms with Crippen LogP contribution in [-0.2, 0) is 6.42 Å². The van der Waals surface area contributed by atoms with Crippen LogP contribution in [0.15, 0.2) is 15.9 Å². The molecule has 1 heterocycles. The zero-order valence-electron chi connectivity index (χ0n) is 9.93. The third-order valence-electron chi connectivity index (χ3n) is 2.80.